The standard InChI is InChI=1S/C13H16ClNO3S/c14-11-5-3-9(19-11)4-6-12(16)15-10(13(17)18)7-8-1-2-8/h3,5,8,10H,1-2,4,6-7H2,(H,15,16)(H,17,18). The summed E-state index contributed by atoms with van der Waals surface area (Å²) >= 11 is 7.25. The van der Waals surface area contributed by atoms with Crippen LogP contribution in [0.3, 0.4) is 0 Å². The molecule has 1 heterocycles. The Morgan fingerprint density at radius 3 is 2.74 bits per heavy atom. The Labute approximate surface area is 120 Å². The number of carbonyl (C=O) groups excluding carboxylic acids is 1. The third-order valence-corrected chi connectivity index (χ3v) is 4.42. The highest BCUT2D eigenvalue weighted by Gasteiger charge is 2.30. The summed E-state index contributed by atoms with van der Waals surface area (Å²) in [6, 6.07) is 2.94. The van der Waals surface area contributed by atoms with E-state index in [1.54, 1.807) is 6.07 Å². The van der Waals surface area contributed by atoms with Gasteiger partial charge in [-0.25, -0.2) is 4.79 Å². The molecule has 1 unspecified atom stereocenters. The van der Waals surface area contributed by atoms with Crippen molar-refractivity contribution in [3.05, 3.63) is 21.3 Å². The molecule has 0 aromatic carbocycles. The summed E-state index contributed by atoms with van der Waals surface area (Å²) in [6.07, 6.45) is 3.59. The van der Waals surface area contributed by atoms with Crippen molar-refractivity contribution in [3.8, 4) is 0 Å². The number of hydrogen-bond donors (Lipinski definition) is 2. The zero-order valence-corrected chi connectivity index (χ0v) is 12.0. The Balaban J connectivity index is 1.76. The number of aliphatic carboxylic acids is 1. The molecule has 0 aliphatic heterocycles. The highest BCUT2D eigenvalue weighted by molar-refractivity contribution is 7.16. The van der Waals surface area contributed by atoms with Gasteiger partial charge < -0.3 is 10.4 Å². The molecule has 4 nitrogen and oxygen atoms in total. The number of halogens is 1. The lowest BCUT2D eigenvalue weighted by Gasteiger charge is -2.13. The molecule has 1 atom stereocenters. The first-order valence-corrected chi connectivity index (χ1v) is 7.50. The lowest BCUT2D eigenvalue weighted by Crippen LogP contribution is -2.41. The van der Waals surface area contributed by atoms with Crippen LogP contribution in [0.2, 0.25) is 4.34 Å². The molecule has 6 heteroatoms. The van der Waals surface area contributed by atoms with Gasteiger partial charge in [-0.3, -0.25) is 4.79 Å². The molecule has 0 bridgehead atoms. The fourth-order valence-electron chi connectivity index (χ4n) is 1.90. The molecule has 2 N–H and O–H groups in total. The largest absolute Gasteiger partial charge is 0.480 e. The van der Waals surface area contributed by atoms with Gasteiger partial charge in [-0.2, -0.15) is 0 Å². The van der Waals surface area contributed by atoms with Crippen LogP contribution < -0.4 is 5.32 Å². The molecule has 104 valence electrons. The summed E-state index contributed by atoms with van der Waals surface area (Å²) in [4.78, 5) is 23.8. The van der Waals surface area contributed by atoms with E-state index >= 15 is 0 Å². The van der Waals surface area contributed by atoms with Crippen LogP contribution >= 0.6 is 22.9 Å². The number of carboxylic acid groups (broad SMARTS) is 1. The van der Waals surface area contributed by atoms with E-state index in [2.05, 4.69) is 5.32 Å². The Bertz CT molecular complexity index is 470. The van der Waals surface area contributed by atoms with Crippen molar-refractivity contribution in [2.24, 2.45) is 5.92 Å². The molecule has 0 saturated heterocycles. The number of hydrogen-bond acceptors (Lipinski definition) is 3. The predicted octanol–water partition coefficient (Wildman–Crippen LogP) is 2.70. The van der Waals surface area contributed by atoms with Crippen LogP contribution in [0, 0.1) is 5.92 Å². The van der Waals surface area contributed by atoms with Crippen molar-refractivity contribution in [1.29, 1.82) is 0 Å². The molecule has 0 radical (unpaired) electrons. The van der Waals surface area contributed by atoms with Crippen LogP contribution in [0.4, 0.5) is 0 Å². The van der Waals surface area contributed by atoms with Crippen molar-refractivity contribution in [2.75, 3.05) is 0 Å². The summed E-state index contributed by atoms with van der Waals surface area (Å²) in [6.45, 7) is 0. The minimum atomic E-state index is -0.945. The third-order valence-electron chi connectivity index (χ3n) is 3.13. The number of nitrogens with one attached hydrogen (secondary N) is 1. The molecule has 2 rings (SSSR count). The van der Waals surface area contributed by atoms with Crippen LogP contribution in [-0.4, -0.2) is 23.0 Å². The molecule has 1 aromatic heterocycles. The van der Waals surface area contributed by atoms with Gasteiger partial charge in [-0.15, -0.1) is 11.3 Å². The maximum absolute atomic E-state index is 11.7. The maximum atomic E-state index is 11.7. The molecular formula is C13H16ClNO3S. The minimum Gasteiger partial charge on any atom is -0.480 e. The summed E-state index contributed by atoms with van der Waals surface area (Å²) in [5.74, 6) is -0.686. The van der Waals surface area contributed by atoms with Crippen molar-refractivity contribution in [2.45, 2.75) is 38.1 Å². The number of carbonyl (C=O) groups is 2. The number of aryl methyl sites for hydroxylation is 1. The average Bonchev–Trinajstić information content (AvgIpc) is 3.07. The van der Waals surface area contributed by atoms with E-state index < -0.39 is 12.0 Å². The van der Waals surface area contributed by atoms with Gasteiger partial charge in [0.2, 0.25) is 5.91 Å². The van der Waals surface area contributed by atoms with E-state index in [-0.39, 0.29) is 5.91 Å². The first-order valence-electron chi connectivity index (χ1n) is 6.31. The molecular weight excluding hydrogens is 286 g/mol. The van der Waals surface area contributed by atoms with E-state index in [0.29, 0.717) is 29.5 Å². The molecule has 1 aromatic rings. The quantitative estimate of drug-likeness (QED) is 0.814. The fourth-order valence-corrected chi connectivity index (χ4v) is 2.98. The van der Waals surface area contributed by atoms with Gasteiger partial charge in [0, 0.05) is 11.3 Å². The second-order valence-corrected chi connectivity index (χ2v) is 6.64. The summed E-state index contributed by atoms with van der Waals surface area (Å²) in [5, 5.41) is 11.7. The Kier molecular flexibility index (Phi) is 4.82. The molecule has 0 spiro atoms. The Morgan fingerprint density at radius 1 is 1.47 bits per heavy atom. The van der Waals surface area contributed by atoms with Gasteiger partial charge in [-0.05, 0) is 30.9 Å². The zero-order chi connectivity index (χ0) is 13.8. The van der Waals surface area contributed by atoms with E-state index in [1.165, 1.54) is 11.3 Å². The van der Waals surface area contributed by atoms with Crippen LogP contribution in [0.25, 0.3) is 0 Å². The van der Waals surface area contributed by atoms with Crippen molar-refractivity contribution < 1.29 is 14.7 Å². The zero-order valence-electron chi connectivity index (χ0n) is 10.4. The van der Waals surface area contributed by atoms with Crippen LogP contribution in [-0.2, 0) is 16.0 Å². The normalized spacial score (nSPS) is 16.1. The number of carboxylic acids is 1. The van der Waals surface area contributed by atoms with Crippen LogP contribution in [0.5, 0.6) is 0 Å². The van der Waals surface area contributed by atoms with Crippen molar-refractivity contribution in [1.82, 2.24) is 5.32 Å². The average molecular weight is 302 g/mol. The van der Waals surface area contributed by atoms with Gasteiger partial charge in [0.25, 0.3) is 0 Å². The van der Waals surface area contributed by atoms with Gasteiger partial charge in [0.05, 0.1) is 4.34 Å². The Hall–Kier alpha value is -1.07. The highest BCUT2D eigenvalue weighted by Crippen LogP contribution is 2.33. The first-order chi connectivity index (χ1) is 9.04. The maximum Gasteiger partial charge on any atom is 0.326 e. The minimum absolute atomic E-state index is 0.211. The summed E-state index contributed by atoms with van der Waals surface area (Å²) in [5.41, 5.74) is 0. The molecule has 1 aliphatic rings. The number of thiophene rings is 1. The van der Waals surface area contributed by atoms with Gasteiger partial charge in [0.1, 0.15) is 6.04 Å². The third kappa shape index (κ3) is 4.84. The van der Waals surface area contributed by atoms with E-state index in [1.807, 2.05) is 6.07 Å². The second-order valence-electron chi connectivity index (χ2n) is 4.84. The smallest absolute Gasteiger partial charge is 0.326 e. The van der Waals surface area contributed by atoms with Gasteiger partial charge in [-0.1, -0.05) is 24.4 Å². The first kappa shape index (κ1) is 14.3. The lowest BCUT2D eigenvalue weighted by atomic mass is 10.1. The van der Waals surface area contributed by atoms with E-state index in [4.69, 9.17) is 16.7 Å². The molecule has 1 aliphatic carbocycles. The highest BCUT2D eigenvalue weighted by atomic mass is 35.5. The van der Waals surface area contributed by atoms with Gasteiger partial charge >= 0.3 is 5.97 Å². The van der Waals surface area contributed by atoms with E-state index in [9.17, 15) is 9.59 Å². The topological polar surface area (TPSA) is 66.4 Å². The molecule has 19 heavy (non-hydrogen) atoms. The number of rotatable bonds is 7. The SMILES string of the molecule is O=C(CCc1ccc(Cl)s1)NC(CC1CC1)C(=O)O. The fraction of sp³-hybridized carbons (Fsp3) is 0.538. The summed E-state index contributed by atoms with van der Waals surface area (Å²) < 4.78 is 0.701. The predicted molar refractivity (Wildman–Crippen MR) is 74.6 cm³/mol. The van der Waals surface area contributed by atoms with Gasteiger partial charge in [0.15, 0.2) is 0 Å². The summed E-state index contributed by atoms with van der Waals surface area (Å²) in [7, 11) is 0. The monoisotopic (exact) mass is 301 g/mol. The lowest BCUT2D eigenvalue weighted by molar-refractivity contribution is -0.142. The Morgan fingerprint density at radius 2 is 2.21 bits per heavy atom. The van der Waals surface area contributed by atoms with Crippen molar-refractivity contribution >= 4 is 34.8 Å². The number of amides is 1. The second kappa shape index (κ2) is 6.39. The molecule has 1 amide bonds. The van der Waals surface area contributed by atoms with Crippen LogP contribution in [0.15, 0.2) is 12.1 Å². The molecule has 1 saturated carbocycles. The molecule has 1 fully saturated rings. The van der Waals surface area contributed by atoms with Crippen molar-refractivity contribution in [3.63, 3.8) is 0 Å². The van der Waals surface area contributed by atoms with E-state index in [0.717, 1.165) is 17.7 Å². The van der Waals surface area contributed by atoms with Crippen LogP contribution in [0.1, 0.15) is 30.6 Å².